The molecule has 1 N–H and O–H groups in total. The third kappa shape index (κ3) is 2.79. The number of hydrogen-bond donors (Lipinski definition) is 1. The molecule has 5 nitrogen and oxygen atoms in total. The Morgan fingerprint density at radius 2 is 1.73 bits per heavy atom. The highest BCUT2D eigenvalue weighted by Crippen LogP contribution is 2.59. The first-order valence-corrected chi connectivity index (χ1v) is 9.10. The minimum Gasteiger partial charge on any atom is -0.381 e. The largest absolute Gasteiger partial charge is 0.381 e. The van der Waals surface area contributed by atoms with E-state index in [4.69, 9.17) is 4.74 Å². The lowest BCUT2D eigenvalue weighted by molar-refractivity contribution is -0.136. The molecule has 0 aromatic heterocycles. The summed E-state index contributed by atoms with van der Waals surface area (Å²) in [6.45, 7) is 7.98. The van der Waals surface area contributed by atoms with E-state index in [9.17, 15) is 4.79 Å². The number of nitrogens with zero attached hydrogens (tertiary/aromatic N) is 2. The molecule has 1 spiro atoms. The molecule has 4 fully saturated rings. The summed E-state index contributed by atoms with van der Waals surface area (Å²) in [7, 11) is 0. The maximum Gasteiger partial charge on any atom is 0.226 e. The van der Waals surface area contributed by atoms with Crippen molar-refractivity contribution in [2.45, 2.75) is 38.1 Å². The average Bonchev–Trinajstić information content (AvgIpc) is 3.29. The summed E-state index contributed by atoms with van der Waals surface area (Å²) in [5.74, 6) is 0.790. The Labute approximate surface area is 133 Å². The van der Waals surface area contributed by atoms with Crippen molar-refractivity contribution in [3.05, 3.63) is 0 Å². The van der Waals surface area contributed by atoms with Crippen molar-refractivity contribution in [1.82, 2.24) is 15.1 Å². The Hall–Kier alpha value is -0.650. The molecule has 4 rings (SSSR count). The molecule has 1 aliphatic carbocycles. The van der Waals surface area contributed by atoms with Crippen molar-refractivity contribution in [3.63, 3.8) is 0 Å². The van der Waals surface area contributed by atoms with Crippen molar-refractivity contribution in [1.29, 1.82) is 0 Å². The standard InChI is InChI=1S/C17H29N3O2/c21-16(15-13-17(15)3-5-18-6-4-17)20-9-7-19(8-10-20)14-1-11-22-12-2-14/h14-15,18H,1-13H2. The van der Waals surface area contributed by atoms with E-state index in [-0.39, 0.29) is 0 Å². The summed E-state index contributed by atoms with van der Waals surface area (Å²) in [5, 5.41) is 3.42. The van der Waals surface area contributed by atoms with E-state index in [1.54, 1.807) is 0 Å². The molecule has 1 saturated carbocycles. The number of carbonyl (C=O) groups is 1. The zero-order valence-electron chi connectivity index (χ0n) is 13.6. The molecule has 3 saturated heterocycles. The number of hydrogen-bond acceptors (Lipinski definition) is 4. The third-order valence-corrected chi connectivity index (χ3v) is 6.42. The molecule has 22 heavy (non-hydrogen) atoms. The van der Waals surface area contributed by atoms with E-state index in [0.29, 0.717) is 23.3 Å². The highest BCUT2D eigenvalue weighted by Gasteiger charge is 2.58. The van der Waals surface area contributed by atoms with Gasteiger partial charge < -0.3 is 15.0 Å². The molecule has 1 amide bonds. The lowest BCUT2D eigenvalue weighted by atomic mass is 9.91. The number of ether oxygens (including phenoxy) is 1. The van der Waals surface area contributed by atoms with E-state index in [2.05, 4.69) is 15.1 Å². The van der Waals surface area contributed by atoms with Crippen molar-refractivity contribution in [3.8, 4) is 0 Å². The topological polar surface area (TPSA) is 44.8 Å². The Balaban J connectivity index is 1.27. The predicted octanol–water partition coefficient (Wildman–Crippen LogP) is 0.699. The highest BCUT2D eigenvalue weighted by molar-refractivity contribution is 5.83. The average molecular weight is 307 g/mol. The molecular weight excluding hydrogens is 278 g/mol. The number of piperidine rings is 1. The smallest absolute Gasteiger partial charge is 0.226 e. The van der Waals surface area contributed by atoms with Gasteiger partial charge in [-0.1, -0.05) is 0 Å². The number of carbonyl (C=O) groups excluding carboxylic acids is 1. The molecule has 124 valence electrons. The van der Waals surface area contributed by atoms with Crippen LogP contribution in [0.2, 0.25) is 0 Å². The molecule has 5 heteroatoms. The van der Waals surface area contributed by atoms with E-state index < -0.39 is 0 Å². The quantitative estimate of drug-likeness (QED) is 0.816. The van der Waals surface area contributed by atoms with Crippen LogP contribution in [0.25, 0.3) is 0 Å². The van der Waals surface area contributed by atoms with Crippen molar-refractivity contribution in [2.75, 3.05) is 52.5 Å². The van der Waals surface area contributed by atoms with Gasteiger partial charge in [-0.15, -0.1) is 0 Å². The Morgan fingerprint density at radius 1 is 1.05 bits per heavy atom. The van der Waals surface area contributed by atoms with Gasteiger partial charge in [0, 0.05) is 51.4 Å². The molecule has 0 bridgehead atoms. The van der Waals surface area contributed by atoms with Crippen LogP contribution in [-0.2, 0) is 9.53 Å². The Bertz CT molecular complexity index is 408. The fourth-order valence-corrected chi connectivity index (χ4v) is 4.75. The van der Waals surface area contributed by atoms with Gasteiger partial charge in [-0.2, -0.15) is 0 Å². The summed E-state index contributed by atoms with van der Waals surface area (Å²) in [4.78, 5) is 17.5. The van der Waals surface area contributed by atoms with E-state index >= 15 is 0 Å². The molecule has 1 atom stereocenters. The predicted molar refractivity (Wildman–Crippen MR) is 84.6 cm³/mol. The van der Waals surface area contributed by atoms with Crippen LogP contribution < -0.4 is 5.32 Å². The van der Waals surface area contributed by atoms with E-state index in [0.717, 1.165) is 71.7 Å². The fraction of sp³-hybridized carbons (Fsp3) is 0.941. The summed E-state index contributed by atoms with van der Waals surface area (Å²) in [6, 6.07) is 0.683. The molecule has 3 heterocycles. The first kappa shape index (κ1) is 14.9. The summed E-state index contributed by atoms with van der Waals surface area (Å²) >= 11 is 0. The zero-order valence-corrected chi connectivity index (χ0v) is 13.6. The lowest BCUT2D eigenvalue weighted by Gasteiger charge is -2.41. The molecular formula is C17H29N3O2. The molecule has 0 aromatic carbocycles. The van der Waals surface area contributed by atoms with Gasteiger partial charge in [-0.3, -0.25) is 9.69 Å². The van der Waals surface area contributed by atoms with Crippen LogP contribution in [0.4, 0.5) is 0 Å². The summed E-state index contributed by atoms with van der Waals surface area (Å²) in [5.41, 5.74) is 0.375. The van der Waals surface area contributed by atoms with Gasteiger partial charge >= 0.3 is 0 Å². The molecule has 3 aliphatic heterocycles. The molecule has 0 aromatic rings. The van der Waals surface area contributed by atoms with Crippen molar-refractivity contribution < 1.29 is 9.53 Å². The van der Waals surface area contributed by atoms with E-state index in [1.807, 2.05) is 0 Å². The summed E-state index contributed by atoms with van der Waals surface area (Å²) < 4.78 is 5.46. The summed E-state index contributed by atoms with van der Waals surface area (Å²) in [6.07, 6.45) is 5.87. The van der Waals surface area contributed by atoms with Gasteiger partial charge in [0.2, 0.25) is 5.91 Å². The van der Waals surface area contributed by atoms with E-state index in [1.165, 1.54) is 12.8 Å². The van der Waals surface area contributed by atoms with Crippen LogP contribution in [-0.4, -0.2) is 74.2 Å². The van der Waals surface area contributed by atoms with Crippen LogP contribution >= 0.6 is 0 Å². The second-order valence-electron chi connectivity index (χ2n) is 7.57. The second kappa shape index (κ2) is 6.10. The maximum absolute atomic E-state index is 12.8. The number of nitrogens with one attached hydrogen (secondary N) is 1. The van der Waals surface area contributed by atoms with Crippen LogP contribution in [0, 0.1) is 11.3 Å². The van der Waals surface area contributed by atoms with Crippen LogP contribution in [0.15, 0.2) is 0 Å². The SMILES string of the molecule is O=C(C1CC12CCNCC2)N1CCN(C2CCOCC2)CC1. The van der Waals surface area contributed by atoms with Crippen molar-refractivity contribution in [2.24, 2.45) is 11.3 Å². The maximum atomic E-state index is 12.8. The van der Waals surface area contributed by atoms with Crippen LogP contribution in [0.5, 0.6) is 0 Å². The van der Waals surface area contributed by atoms with Crippen LogP contribution in [0.1, 0.15) is 32.1 Å². The lowest BCUT2D eigenvalue weighted by Crippen LogP contribution is -2.53. The molecule has 4 aliphatic rings. The zero-order chi connectivity index (χ0) is 15.0. The van der Waals surface area contributed by atoms with Gasteiger partial charge in [-0.25, -0.2) is 0 Å². The van der Waals surface area contributed by atoms with Gasteiger partial charge in [0.15, 0.2) is 0 Å². The first-order chi connectivity index (χ1) is 10.8. The number of rotatable bonds is 2. The Kier molecular flexibility index (Phi) is 4.13. The minimum atomic E-state index is 0.337. The third-order valence-electron chi connectivity index (χ3n) is 6.42. The minimum absolute atomic E-state index is 0.337. The van der Waals surface area contributed by atoms with Gasteiger partial charge in [0.1, 0.15) is 0 Å². The molecule has 1 unspecified atom stereocenters. The number of amides is 1. The number of piperazine rings is 1. The highest BCUT2D eigenvalue weighted by atomic mass is 16.5. The fourth-order valence-electron chi connectivity index (χ4n) is 4.75. The Morgan fingerprint density at radius 3 is 2.41 bits per heavy atom. The second-order valence-corrected chi connectivity index (χ2v) is 7.57. The monoisotopic (exact) mass is 307 g/mol. The van der Waals surface area contributed by atoms with Crippen LogP contribution in [0.3, 0.4) is 0 Å². The molecule has 0 radical (unpaired) electrons. The van der Waals surface area contributed by atoms with Gasteiger partial charge in [-0.05, 0) is 50.6 Å². The van der Waals surface area contributed by atoms with Crippen molar-refractivity contribution >= 4 is 5.91 Å². The first-order valence-electron chi connectivity index (χ1n) is 9.10. The van der Waals surface area contributed by atoms with Gasteiger partial charge in [0.25, 0.3) is 0 Å². The van der Waals surface area contributed by atoms with Gasteiger partial charge in [0.05, 0.1) is 0 Å². The normalized spacial score (nSPS) is 33.1.